The monoisotopic (exact) mass is 574 g/mol. The Bertz CT molecular complexity index is 1760. The van der Waals surface area contributed by atoms with Crippen molar-refractivity contribution in [3.63, 3.8) is 0 Å². The summed E-state index contributed by atoms with van der Waals surface area (Å²) < 4.78 is 5.50. The van der Waals surface area contributed by atoms with E-state index in [1.54, 1.807) is 36.3 Å². The number of rotatable bonds is 7. The number of H-pyrrole nitrogens is 1. The van der Waals surface area contributed by atoms with Crippen LogP contribution in [0.4, 0.5) is 10.5 Å². The molecule has 0 unspecified atom stereocenters. The fourth-order valence-corrected chi connectivity index (χ4v) is 6.80. The molecule has 218 valence electrons. The van der Waals surface area contributed by atoms with Crippen molar-refractivity contribution in [2.75, 3.05) is 18.6 Å². The molecule has 2 aliphatic heterocycles. The SMILES string of the molecule is COc1cccc([C@H]2c3[nH]c4ccccc4c3C[C@H]3C(=O)N(c4ccc(C(=O)NCCC5=CCCCC5)cc4)C(=O)N23)c1. The van der Waals surface area contributed by atoms with Crippen molar-refractivity contribution >= 4 is 34.4 Å². The van der Waals surface area contributed by atoms with Crippen LogP contribution in [-0.4, -0.2) is 47.4 Å². The zero-order valence-electron chi connectivity index (χ0n) is 24.1. The number of para-hydroxylation sites is 1. The first-order valence-corrected chi connectivity index (χ1v) is 15.0. The van der Waals surface area contributed by atoms with Crippen LogP contribution < -0.4 is 15.0 Å². The minimum absolute atomic E-state index is 0.164. The molecule has 2 atom stereocenters. The number of carbonyl (C=O) groups is 3. The van der Waals surface area contributed by atoms with Gasteiger partial charge in [0.1, 0.15) is 17.8 Å². The summed E-state index contributed by atoms with van der Waals surface area (Å²) in [5.74, 6) is 0.242. The van der Waals surface area contributed by atoms with Crippen LogP contribution >= 0.6 is 0 Å². The van der Waals surface area contributed by atoms with Gasteiger partial charge in [0.25, 0.3) is 11.8 Å². The Balaban J connectivity index is 1.17. The number of carbonyl (C=O) groups excluding carboxylic acids is 3. The number of nitrogens with zero attached hydrogens (tertiary/aromatic N) is 2. The minimum atomic E-state index is -0.660. The van der Waals surface area contributed by atoms with E-state index in [-0.39, 0.29) is 17.8 Å². The van der Waals surface area contributed by atoms with Gasteiger partial charge in [-0.2, -0.15) is 0 Å². The fourth-order valence-electron chi connectivity index (χ4n) is 6.80. The highest BCUT2D eigenvalue weighted by Crippen LogP contribution is 2.45. The third-order valence-corrected chi connectivity index (χ3v) is 8.96. The summed E-state index contributed by atoms with van der Waals surface area (Å²) in [6.45, 7) is 0.590. The number of hydrogen-bond donors (Lipinski definition) is 2. The molecule has 4 amide bonds. The molecule has 4 aromatic rings. The lowest BCUT2D eigenvalue weighted by atomic mass is 9.89. The van der Waals surface area contributed by atoms with Crippen molar-refractivity contribution in [2.24, 2.45) is 0 Å². The van der Waals surface area contributed by atoms with Crippen LogP contribution in [0.3, 0.4) is 0 Å². The topological polar surface area (TPSA) is 94.7 Å². The van der Waals surface area contributed by atoms with Gasteiger partial charge in [-0.1, -0.05) is 42.0 Å². The van der Waals surface area contributed by atoms with Crippen LogP contribution in [0.15, 0.2) is 84.4 Å². The van der Waals surface area contributed by atoms with Crippen molar-refractivity contribution in [1.82, 2.24) is 15.2 Å². The Morgan fingerprint density at radius 2 is 1.86 bits per heavy atom. The van der Waals surface area contributed by atoms with Gasteiger partial charge >= 0.3 is 6.03 Å². The molecular formula is C35H34N4O4. The summed E-state index contributed by atoms with van der Waals surface area (Å²) in [5, 5.41) is 4.05. The summed E-state index contributed by atoms with van der Waals surface area (Å²) in [4.78, 5) is 47.4. The molecule has 0 radical (unpaired) electrons. The molecule has 8 heteroatoms. The number of nitrogens with one attached hydrogen (secondary N) is 2. The van der Waals surface area contributed by atoms with E-state index in [0.717, 1.165) is 47.0 Å². The summed E-state index contributed by atoms with van der Waals surface area (Å²) in [7, 11) is 1.61. The average molecular weight is 575 g/mol. The number of aromatic nitrogens is 1. The van der Waals surface area contributed by atoms with Crippen molar-refractivity contribution in [3.05, 3.63) is 107 Å². The Hall–Kier alpha value is -4.85. The smallest absolute Gasteiger partial charge is 0.332 e. The average Bonchev–Trinajstić information content (AvgIpc) is 3.54. The van der Waals surface area contributed by atoms with Crippen LogP contribution in [0.5, 0.6) is 5.75 Å². The van der Waals surface area contributed by atoms with Crippen LogP contribution in [0.1, 0.15) is 65.3 Å². The molecule has 0 spiro atoms. The fraction of sp³-hybridized carbons (Fsp3) is 0.286. The molecule has 2 N–H and O–H groups in total. The molecule has 1 aromatic heterocycles. The van der Waals surface area contributed by atoms with E-state index in [2.05, 4.69) is 22.4 Å². The normalized spacial score (nSPS) is 19.7. The van der Waals surface area contributed by atoms with Gasteiger partial charge in [0.15, 0.2) is 0 Å². The summed E-state index contributed by atoms with van der Waals surface area (Å²) in [6.07, 6.45) is 8.27. The number of ether oxygens (including phenoxy) is 1. The lowest BCUT2D eigenvalue weighted by Crippen LogP contribution is -2.44. The second kappa shape index (κ2) is 11.1. The molecule has 8 nitrogen and oxygen atoms in total. The van der Waals surface area contributed by atoms with E-state index < -0.39 is 12.1 Å². The van der Waals surface area contributed by atoms with Crippen molar-refractivity contribution in [2.45, 2.75) is 50.6 Å². The van der Waals surface area contributed by atoms with Crippen LogP contribution in [0, 0.1) is 0 Å². The molecule has 7 rings (SSSR count). The molecule has 3 aliphatic rings. The molecule has 43 heavy (non-hydrogen) atoms. The third kappa shape index (κ3) is 4.76. The number of hydrogen-bond acceptors (Lipinski definition) is 4. The highest BCUT2D eigenvalue weighted by atomic mass is 16.5. The first-order valence-electron chi connectivity index (χ1n) is 15.0. The van der Waals surface area contributed by atoms with Gasteiger partial charge in [0.05, 0.1) is 12.8 Å². The molecular weight excluding hydrogens is 540 g/mol. The van der Waals surface area contributed by atoms with E-state index in [4.69, 9.17) is 4.74 Å². The number of imide groups is 1. The van der Waals surface area contributed by atoms with E-state index >= 15 is 0 Å². The van der Waals surface area contributed by atoms with Gasteiger partial charge < -0.3 is 15.0 Å². The quantitative estimate of drug-likeness (QED) is 0.201. The second-order valence-electron chi connectivity index (χ2n) is 11.5. The number of benzene rings is 3. The van der Waals surface area contributed by atoms with Gasteiger partial charge in [-0.3, -0.25) is 14.5 Å². The third-order valence-electron chi connectivity index (χ3n) is 8.96. The minimum Gasteiger partial charge on any atom is -0.497 e. The van der Waals surface area contributed by atoms with Gasteiger partial charge in [-0.05, 0) is 85.7 Å². The maximum atomic E-state index is 14.1. The van der Waals surface area contributed by atoms with Crippen LogP contribution in [0.25, 0.3) is 10.9 Å². The first-order chi connectivity index (χ1) is 21.0. The summed E-state index contributed by atoms with van der Waals surface area (Å²) >= 11 is 0. The lowest BCUT2D eigenvalue weighted by molar-refractivity contribution is -0.120. The number of fused-ring (bicyclic) bond motifs is 4. The standard InChI is InChI=1S/C35H34N4O4/c1-43-26-11-7-10-24(20-26)32-31-28(27-12-5-6-13-29(27)37-31)21-30-34(41)38(35(42)39(30)32)25-16-14-23(15-17-25)33(40)36-19-18-22-8-3-2-4-9-22/h5-8,10-17,20,30,32,37H,2-4,9,18-19,21H2,1H3,(H,36,40)/t30-,32-/m0/s1. The van der Waals surface area contributed by atoms with Gasteiger partial charge in [-0.15, -0.1) is 0 Å². The number of amides is 4. The van der Waals surface area contributed by atoms with Crippen molar-refractivity contribution in [3.8, 4) is 5.75 Å². The molecule has 0 saturated carbocycles. The molecule has 1 saturated heterocycles. The molecule has 0 bridgehead atoms. The van der Waals surface area contributed by atoms with Crippen molar-refractivity contribution < 1.29 is 19.1 Å². The maximum absolute atomic E-state index is 14.1. The second-order valence-corrected chi connectivity index (χ2v) is 11.5. The van der Waals surface area contributed by atoms with E-state index in [1.807, 2.05) is 42.5 Å². The van der Waals surface area contributed by atoms with Gasteiger partial charge in [0, 0.05) is 35.1 Å². The van der Waals surface area contributed by atoms with Gasteiger partial charge in [0.2, 0.25) is 0 Å². The summed E-state index contributed by atoms with van der Waals surface area (Å²) in [6, 6.07) is 20.9. The van der Waals surface area contributed by atoms with E-state index in [0.29, 0.717) is 30.0 Å². The highest BCUT2D eigenvalue weighted by molar-refractivity contribution is 6.22. The summed E-state index contributed by atoms with van der Waals surface area (Å²) in [5.41, 5.74) is 6.14. The molecule has 1 fully saturated rings. The predicted octanol–water partition coefficient (Wildman–Crippen LogP) is 6.28. The van der Waals surface area contributed by atoms with Crippen LogP contribution in [0.2, 0.25) is 0 Å². The predicted molar refractivity (Wildman–Crippen MR) is 165 cm³/mol. The zero-order valence-corrected chi connectivity index (χ0v) is 24.1. The van der Waals surface area contributed by atoms with E-state index in [9.17, 15) is 14.4 Å². The number of anilines is 1. The lowest BCUT2D eigenvalue weighted by Gasteiger charge is -2.36. The number of methoxy groups -OCH3 is 1. The highest BCUT2D eigenvalue weighted by Gasteiger charge is 2.53. The first kappa shape index (κ1) is 27.0. The zero-order chi connectivity index (χ0) is 29.5. The Labute approximate surface area is 250 Å². The Kier molecular flexibility index (Phi) is 6.97. The maximum Gasteiger partial charge on any atom is 0.332 e. The molecule has 1 aliphatic carbocycles. The number of aromatic amines is 1. The van der Waals surface area contributed by atoms with E-state index in [1.165, 1.54) is 23.3 Å². The van der Waals surface area contributed by atoms with Gasteiger partial charge in [-0.25, -0.2) is 9.69 Å². The van der Waals surface area contributed by atoms with Crippen LogP contribution in [-0.2, 0) is 11.2 Å². The Morgan fingerprint density at radius 1 is 1.02 bits per heavy atom. The number of allylic oxidation sites excluding steroid dienone is 1. The molecule has 3 aromatic carbocycles. The van der Waals surface area contributed by atoms with Crippen molar-refractivity contribution in [1.29, 1.82) is 0 Å². The molecule has 3 heterocycles. The largest absolute Gasteiger partial charge is 0.497 e. The number of urea groups is 1. The Morgan fingerprint density at radius 3 is 2.65 bits per heavy atom.